The molecule has 2 rings (SSSR count). The average molecular weight is 339 g/mol. The van der Waals surface area contributed by atoms with Crippen molar-refractivity contribution in [3.63, 3.8) is 0 Å². The van der Waals surface area contributed by atoms with Crippen molar-refractivity contribution in [1.29, 1.82) is 0 Å². The zero-order chi connectivity index (χ0) is 13.8. The summed E-state index contributed by atoms with van der Waals surface area (Å²) >= 11 is 9.42. The summed E-state index contributed by atoms with van der Waals surface area (Å²) in [5.41, 5.74) is 3.80. The van der Waals surface area contributed by atoms with Crippen LogP contribution in [0.15, 0.2) is 46.9 Å². The molecule has 0 spiro atoms. The van der Waals surface area contributed by atoms with E-state index < -0.39 is 0 Å². The summed E-state index contributed by atoms with van der Waals surface area (Å²) in [6.45, 7) is 5.13. The first kappa shape index (κ1) is 14.6. The maximum absolute atomic E-state index is 5.90. The van der Waals surface area contributed by atoms with Gasteiger partial charge in [-0.05, 0) is 48.7 Å². The summed E-state index contributed by atoms with van der Waals surface area (Å²) in [7, 11) is 0. The topological polar surface area (TPSA) is 12.0 Å². The highest BCUT2D eigenvalue weighted by Gasteiger charge is 2.05. The van der Waals surface area contributed by atoms with E-state index in [0.29, 0.717) is 6.04 Å². The second-order valence-electron chi connectivity index (χ2n) is 4.74. The van der Waals surface area contributed by atoms with Crippen molar-refractivity contribution in [3.05, 3.63) is 68.7 Å². The highest BCUT2D eigenvalue weighted by molar-refractivity contribution is 9.10. The third-order valence-electron chi connectivity index (χ3n) is 3.20. The zero-order valence-electron chi connectivity index (χ0n) is 11.1. The Balaban J connectivity index is 1.98. The van der Waals surface area contributed by atoms with E-state index in [4.69, 9.17) is 11.6 Å². The number of rotatable bonds is 4. The third kappa shape index (κ3) is 4.07. The normalized spacial score (nSPS) is 12.4. The second kappa shape index (κ2) is 6.56. The molecule has 0 aliphatic heterocycles. The van der Waals surface area contributed by atoms with Crippen molar-refractivity contribution in [1.82, 2.24) is 5.32 Å². The zero-order valence-corrected chi connectivity index (χ0v) is 13.4. The lowest BCUT2D eigenvalue weighted by atomic mass is 10.1. The largest absolute Gasteiger partial charge is 0.306 e. The molecule has 2 aromatic carbocycles. The van der Waals surface area contributed by atoms with Gasteiger partial charge in [0.05, 0.1) is 0 Å². The number of aryl methyl sites for hydroxylation is 1. The highest BCUT2D eigenvalue weighted by atomic mass is 79.9. The van der Waals surface area contributed by atoms with Crippen LogP contribution in [0.3, 0.4) is 0 Å². The van der Waals surface area contributed by atoms with E-state index in [-0.39, 0.29) is 0 Å². The van der Waals surface area contributed by atoms with E-state index in [0.717, 1.165) is 16.0 Å². The molecule has 0 aliphatic carbocycles. The summed E-state index contributed by atoms with van der Waals surface area (Å²) in [6, 6.07) is 14.7. The summed E-state index contributed by atoms with van der Waals surface area (Å²) in [4.78, 5) is 0. The van der Waals surface area contributed by atoms with Gasteiger partial charge in [0.25, 0.3) is 0 Å². The van der Waals surface area contributed by atoms with Gasteiger partial charge in [-0.15, -0.1) is 0 Å². The maximum Gasteiger partial charge on any atom is 0.0406 e. The molecule has 0 bridgehead atoms. The van der Waals surface area contributed by atoms with Gasteiger partial charge >= 0.3 is 0 Å². The van der Waals surface area contributed by atoms with Gasteiger partial charge in [0.15, 0.2) is 0 Å². The molecular formula is C16H17BrClN. The minimum atomic E-state index is 0.307. The standard InChI is InChI=1S/C16H17BrClN/c1-11-9-13(3-8-16(11)17)10-19-12(2)14-4-6-15(18)7-5-14/h3-9,12,19H,10H2,1-2H3/t12-/m1/s1. The van der Waals surface area contributed by atoms with Crippen LogP contribution in [0, 0.1) is 6.92 Å². The molecule has 0 saturated heterocycles. The van der Waals surface area contributed by atoms with Crippen LogP contribution in [0.1, 0.15) is 29.7 Å². The van der Waals surface area contributed by atoms with E-state index in [1.165, 1.54) is 16.7 Å². The lowest BCUT2D eigenvalue weighted by Crippen LogP contribution is -2.18. The minimum absolute atomic E-state index is 0.307. The molecule has 0 radical (unpaired) electrons. The molecule has 0 heterocycles. The molecule has 0 amide bonds. The number of hydrogen-bond acceptors (Lipinski definition) is 1. The van der Waals surface area contributed by atoms with E-state index in [9.17, 15) is 0 Å². The Bertz CT molecular complexity index is 551. The first-order valence-corrected chi connectivity index (χ1v) is 7.47. The van der Waals surface area contributed by atoms with Gasteiger partial charge in [-0.2, -0.15) is 0 Å². The first-order valence-electron chi connectivity index (χ1n) is 6.30. The Morgan fingerprint density at radius 3 is 2.47 bits per heavy atom. The van der Waals surface area contributed by atoms with Crippen LogP contribution in [0.5, 0.6) is 0 Å². The first-order chi connectivity index (χ1) is 9.06. The summed E-state index contributed by atoms with van der Waals surface area (Å²) < 4.78 is 1.15. The molecule has 0 saturated carbocycles. The molecule has 0 aromatic heterocycles. The molecule has 19 heavy (non-hydrogen) atoms. The molecule has 2 aromatic rings. The Hall–Kier alpha value is -0.830. The van der Waals surface area contributed by atoms with E-state index in [1.54, 1.807) is 0 Å². The molecule has 1 nitrogen and oxygen atoms in total. The third-order valence-corrected chi connectivity index (χ3v) is 4.35. The van der Waals surface area contributed by atoms with Gasteiger partial charge in [-0.3, -0.25) is 0 Å². The summed E-state index contributed by atoms with van der Waals surface area (Å²) in [5.74, 6) is 0. The molecule has 100 valence electrons. The van der Waals surface area contributed by atoms with Crippen LogP contribution in [0.2, 0.25) is 5.02 Å². The fourth-order valence-electron chi connectivity index (χ4n) is 1.96. The van der Waals surface area contributed by atoms with Crippen molar-refractivity contribution in [2.75, 3.05) is 0 Å². The fraction of sp³-hybridized carbons (Fsp3) is 0.250. The smallest absolute Gasteiger partial charge is 0.0406 e. The predicted molar refractivity (Wildman–Crippen MR) is 85.6 cm³/mol. The number of hydrogen-bond donors (Lipinski definition) is 1. The van der Waals surface area contributed by atoms with Crippen molar-refractivity contribution in [2.24, 2.45) is 0 Å². The van der Waals surface area contributed by atoms with E-state index >= 15 is 0 Å². The molecule has 1 N–H and O–H groups in total. The quantitative estimate of drug-likeness (QED) is 0.801. The molecule has 0 fully saturated rings. The Labute approximate surface area is 128 Å². The number of benzene rings is 2. The Morgan fingerprint density at radius 2 is 1.84 bits per heavy atom. The van der Waals surface area contributed by atoms with Crippen molar-refractivity contribution in [3.8, 4) is 0 Å². The van der Waals surface area contributed by atoms with E-state index in [2.05, 4.69) is 65.4 Å². The summed E-state index contributed by atoms with van der Waals surface area (Å²) in [6.07, 6.45) is 0. The van der Waals surface area contributed by atoms with E-state index in [1.807, 2.05) is 12.1 Å². The SMILES string of the molecule is Cc1cc(CN[C@H](C)c2ccc(Cl)cc2)ccc1Br. The van der Waals surface area contributed by atoms with Crippen molar-refractivity contribution < 1.29 is 0 Å². The molecule has 3 heteroatoms. The summed E-state index contributed by atoms with van der Waals surface area (Å²) in [5, 5.41) is 4.30. The van der Waals surface area contributed by atoms with Crippen LogP contribution in [-0.4, -0.2) is 0 Å². The average Bonchev–Trinajstić information content (AvgIpc) is 2.40. The van der Waals surface area contributed by atoms with Gasteiger partial charge in [0.2, 0.25) is 0 Å². The maximum atomic E-state index is 5.90. The van der Waals surface area contributed by atoms with Gasteiger partial charge in [-0.25, -0.2) is 0 Å². The molecule has 1 atom stereocenters. The van der Waals surface area contributed by atoms with Crippen LogP contribution >= 0.6 is 27.5 Å². The van der Waals surface area contributed by atoms with Crippen LogP contribution < -0.4 is 5.32 Å². The fourth-order valence-corrected chi connectivity index (χ4v) is 2.33. The lowest BCUT2D eigenvalue weighted by molar-refractivity contribution is 0.574. The van der Waals surface area contributed by atoms with Crippen LogP contribution in [0.4, 0.5) is 0 Å². The highest BCUT2D eigenvalue weighted by Crippen LogP contribution is 2.19. The Kier molecular flexibility index (Phi) is 5.03. The molecule has 0 unspecified atom stereocenters. The van der Waals surface area contributed by atoms with Crippen molar-refractivity contribution >= 4 is 27.5 Å². The van der Waals surface area contributed by atoms with Gasteiger partial charge in [0, 0.05) is 22.1 Å². The Morgan fingerprint density at radius 1 is 1.16 bits per heavy atom. The molecular weight excluding hydrogens is 322 g/mol. The van der Waals surface area contributed by atoms with Crippen LogP contribution in [0.25, 0.3) is 0 Å². The second-order valence-corrected chi connectivity index (χ2v) is 6.03. The monoisotopic (exact) mass is 337 g/mol. The predicted octanol–water partition coefficient (Wildman–Crippen LogP) is 5.26. The minimum Gasteiger partial charge on any atom is -0.306 e. The molecule has 0 aliphatic rings. The van der Waals surface area contributed by atoms with Crippen LogP contribution in [-0.2, 0) is 6.54 Å². The van der Waals surface area contributed by atoms with Gasteiger partial charge in [-0.1, -0.05) is 51.8 Å². The van der Waals surface area contributed by atoms with Gasteiger partial charge < -0.3 is 5.32 Å². The van der Waals surface area contributed by atoms with Crippen molar-refractivity contribution in [2.45, 2.75) is 26.4 Å². The number of nitrogens with one attached hydrogen (secondary N) is 1. The van der Waals surface area contributed by atoms with Gasteiger partial charge in [0.1, 0.15) is 0 Å². The number of halogens is 2. The lowest BCUT2D eigenvalue weighted by Gasteiger charge is -2.15.